The monoisotopic (exact) mass is 457 g/mol. The van der Waals surface area contributed by atoms with Gasteiger partial charge in [-0.1, -0.05) is 66.7 Å². The van der Waals surface area contributed by atoms with Crippen LogP contribution in [0.25, 0.3) is 0 Å². The fourth-order valence-corrected chi connectivity index (χ4v) is 7.07. The quantitative estimate of drug-likeness (QED) is 0.507. The molecule has 34 heavy (non-hydrogen) atoms. The van der Waals surface area contributed by atoms with Crippen molar-refractivity contribution in [2.45, 2.75) is 57.4 Å². The number of nitrogens with zero attached hydrogens (tertiary/aromatic N) is 1. The van der Waals surface area contributed by atoms with Crippen LogP contribution in [-0.2, 0) is 27.5 Å². The number of ether oxygens (including phenoxy) is 2. The molecule has 0 radical (unpaired) electrons. The van der Waals surface area contributed by atoms with Crippen molar-refractivity contribution in [1.82, 2.24) is 4.90 Å². The Morgan fingerprint density at radius 1 is 0.735 bits per heavy atom. The molecule has 2 saturated carbocycles. The summed E-state index contributed by atoms with van der Waals surface area (Å²) in [6, 6.07) is 21.2. The highest BCUT2D eigenvalue weighted by Crippen LogP contribution is 2.57. The van der Waals surface area contributed by atoms with Crippen LogP contribution in [0, 0.1) is 23.7 Å². The lowest BCUT2D eigenvalue weighted by atomic mass is 9.81. The Morgan fingerprint density at radius 3 is 1.85 bits per heavy atom. The summed E-state index contributed by atoms with van der Waals surface area (Å²) < 4.78 is 12.4. The number of benzene rings is 2. The van der Waals surface area contributed by atoms with Gasteiger partial charge in [0.25, 0.3) is 0 Å². The van der Waals surface area contributed by atoms with Crippen LogP contribution >= 0.6 is 0 Å². The third-order valence-corrected chi connectivity index (χ3v) is 8.63. The fourth-order valence-electron chi connectivity index (χ4n) is 7.07. The minimum Gasteiger partial charge on any atom is -0.375 e. The molecule has 2 bridgehead atoms. The Bertz CT molecular complexity index is 966. The van der Waals surface area contributed by atoms with Gasteiger partial charge in [0.1, 0.15) is 0 Å². The van der Waals surface area contributed by atoms with Gasteiger partial charge in [0.2, 0.25) is 0 Å². The van der Waals surface area contributed by atoms with Gasteiger partial charge in [-0.05, 0) is 61.0 Å². The molecule has 4 heteroatoms. The van der Waals surface area contributed by atoms with Gasteiger partial charge in [0.05, 0.1) is 44.2 Å². The van der Waals surface area contributed by atoms with E-state index in [0.29, 0.717) is 44.0 Å². The SMILES string of the molecule is O=C1C(N2[C@@H](COCc3ccccc3)CC[C@@H]2COCc2ccccc2)=CC2C3CCC(C3)C12. The van der Waals surface area contributed by atoms with Crippen molar-refractivity contribution in [1.29, 1.82) is 0 Å². The van der Waals surface area contributed by atoms with E-state index in [-0.39, 0.29) is 18.0 Å². The van der Waals surface area contributed by atoms with Crippen LogP contribution in [0.2, 0.25) is 0 Å². The van der Waals surface area contributed by atoms with Crippen molar-refractivity contribution >= 4 is 5.78 Å². The standard InChI is InChI=1S/C30H35NO3/c32-30-28(16-27-23-11-12-24(15-23)29(27)30)31-25(19-33-17-21-7-3-1-4-8-21)13-14-26(31)20-34-18-22-9-5-2-6-10-22/h1-10,16,23-27,29H,11-15,17-20H2/t23?,24?,25-,26-,27?,29?/m1/s1. The second-order valence-corrected chi connectivity index (χ2v) is 10.6. The molecule has 3 aliphatic carbocycles. The number of hydrogen-bond donors (Lipinski definition) is 0. The second kappa shape index (κ2) is 9.67. The Morgan fingerprint density at radius 2 is 1.29 bits per heavy atom. The lowest BCUT2D eigenvalue weighted by Gasteiger charge is -2.33. The zero-order valence-electron chi connectivity index (χ0n) is 19.9. The molecule has 1 heterocycles. The predicted molar refractivity (Wildman–Crippen MR) is 132 cm³/mol. The van der Waals surface area contributed by atoms with Gasteiger partial charge in [0, 0.05) is 5.92 Å². The Balaban J connectivity index is 1.16. The van der Waals surface area contributed by atoms with Crippen LogP contribution in [0.1, 0.15) is 43.2 Å². The molecule has 0 aromatic heterocycles. The molecular weight excluding hydrogens is 422 g/mol. The number of carbonyl (C=O) groups excluding carboxylic acids is 1. The molecule has 0 N–H and O–H groups in total. The first-order valence-electron chi connectivity index (χ1n) is 13.1. The zero-order valence-corrected chi connectivity index (χ0v) is 19.9. The van der Waals surface area contributed by atoms with E-state index in [1.807, 2.05) is 12.1 Å². The van der Waals surface area contributed by atoms with E-state index in [0.717, 1.165) is 24.5 Å². The maximum Gasteiger partial charge on any atom is 0.182 e. The number of allylic oxidation sites excluding steroid dienone is 2. The summed E-state index contributed by atoms with van der Waals surface area (Å²) >= 11 is 0. The van der Waals surface area contributed by atoms with E-state index in [1.54, 1.807) is 0 Å². The summed E-state index contributed by atoms with van der Waals surface area (Å²) in [5.41, 5.74) is 3.36. The molecule has 6 rings (SSSR count). The maximum absolute atomic E-state index is 13.7. The minimum atomic E-state index is 0.237. The average molecular weight is 458 g/mol. The van der Waals surface area contributed by atoms with Gasteiger partial charge >= 0.3 is 0 Å². The second-order valence-electron chi connectivity index (χ2n) is 10.6. The van der Waals surface area contributed by atoms with Gasteiger partial charge in [-0.15, -0.1) is 0 Å². The van der Waals surface area contributed by atoms with Crippen LogP contribution in [0.4, 0.5) is 0 Å². The number of rotatable bonds is 9. The summed E-state index contributed by atoms with van der Waals surface area (Å²) in [5, 5.41) is 0. The smallest absolute Gasteiger partial charge is 0.182 e. The highest BCUT2D eigenvalue weighted by molar-refractivity contribution is 6.00. The Labute approximate surface area is 202 Å². The number of carbonyl (C=O) groups is 1. The molecule has 2 aromatic rings. The molecule has 178 valence electrons. The zero-order chi connectivity index (χ0) is 22.9. The van der Waals surface area contributed by atoms with Crippen molar-refractivity contribution in [3.63, 3.8) is 0 Å². The number of likely N-dealkylation sites (tertiary alicyclic amines) is 1. The highest BCUT2D eigenvalue weighted by atomic mass is 16.5. The molecule has 0 spiro atoms. The highest BCUT2D eigenvalue weighted by Gasteiger charge is 2.55. The first kappa shape index (κ1) is 22.1. The summed E-state index contributed by atoms with van der Waals surface area (Å²) in [6.07, 6.45) is 8.25. The first-order chi connectivity index (χ1) is 16.8. The average Bonchev–Trinajstić information content (AvgIpc) is 3.64. The molecule has 1 saturated heterocycles. The Hall–Kier alpha value is -2.43. The molecular formula is C30H35NO3. The topological polar surface area (TPSA) is 38.8 Å². The largest absolute Gasteiger partial charge is 0.375 e. The number of Topliss-reactive ketones (excluding diaryl/α,β-unsaturated/α-hetero) is 1. The van der Waals surface area contributed by atoms with E-state index in [1.165, 1.54) is 30.4 Å². The first-order valence-corrected chi connectivity index (χ1v) is 13.1. The molecule has 3 fully saturated rings. The normalized spacial score (nSPS) is 31.8. The predicted octanol–water partition coefficient (Wildman–Crippen LogP) is 5.38. The summed E-state index contributed by atoms with van der Waals surface area (Å²) in [7, 11) is 0. The number of ketones is 1. The van der Waals surface area contributed by atoms with E-state index < -0.39 is 0 Å². The van der Waals surface area contributed by atoms with Crippen LogP contribution in [0.5, 0.6) is 0 Å². The molecule has 4 nitrogen and oxygen atoms in total. The molecule has 4 unspecified atom stereocenters. The van der Waals surface area contributed by atoms with Crippen LogP contribution < -0.4 is 0 Å². The molecule has 1 aliphatic heterocycles. The van der Waals surface area contributed by atoms with Crippen molar-refractivity contribution in [3.8, 4) is 0 Å². The minimum absolute atomic E-state index is 0.237. The fraction of sp³-hybridized carbons (Fsp3) is 0.500. The van der Waals surface area contributed by atoms with E-state index in [4.69, 9.17) is 9.47 Å². The van der Waals surface area contributed by atoms with Crippen LogP contribution in [-0.4, -0.2) is 36.0 Å². The van der Waals surface area contributed by atoms with E-state index in [2.05, 4.69) is 59.5 Å². The molecule has 6 atom stereocenters. The van der Waals surface area contributed by atoms with Crippen molar-refractivity contribution in [2.24, 2.45) is 23.7 Å². The van der Waals surface area contributed by atoms with Crippen molar-refractivity contribution in [3.05, 3.63) is 83.6 Å². The van der Waals surface area contributed by atoms with Gasteiger partial charge < -0.3 is 14.4 Å². The molecule has 2 aromatic carbocycles. The summed E-state index contributed by atoms with van der Waals surface area (Å²) in [4.78, 5) is 16.1. The van der Waals surface area contributed by atoms with E-state index >= 15 is 0 Å². The van der Waals surface area contributed by atoms with Gasteiger partial charge in [-0.3, -0.25) is 4.79 Å². The Kier molecular flexibility index (Phi) is 6.28. The lowest BCUT2D eigenvalue weighted by Crippen LogP contribution is -2.42. The molecule has 4 aliphatic rings. The van der Waals surface area contributed by atoms with E-state index in [9.17, 15) is 4.79 Å². The molecule has 0 amide bonds. The summed E-state index contributed by atoms with van der Waals surface area (Å²) in [5.74, 6) is 2.45. The lowest BCUT2D eigenvalue weighted by molar-refractivity contribution is -0.122. The van der Waals surface area contributed by atoms with Crippen molar-refractivity contribution < 1.29 is 14.3 Å². The third-order valence-electron chi connectivity index (χ3n) is 8.63. The van der Waals surface area contributed by atoms with Crippen molar-refractivity contribution in [2.75, 3.05) is 13.2 Å². The maximum atomic E-state index is 13.7. The van der Waals surface area contributed by atoms with Crippen LogP contribution in [0.15, 0.2) is 72.4 Å². The third kappa shape index (κ3) is 4.23. The number of hydrogen-bond acceptors (Lipinski definition) is 4. The van der Waals surface area contributed by atoms with Crippen LogP contribution in [0.3, 0.4) is 0 Å². The van der Waals surface area contributed by atoms with Gasteiger partial charge in [0.15, 0.2) is 5.78 Å². The van der Waals surface area contributed by atoms with Gasteiger partial charge in [-0.2, -0.15) is 0 Å². The van der Waals surface area contributed by atoms with Gasteiger partial charge in [-0.25, -0.2) is 0 Å². The number of fused-ring (bicyclic) bond motifs is 5. The summed E-state index contributed by atoms with van der Waals surface area (Å²) in [6.45, 7) is 2.53.